The van der Waals surface area contributed by atoms with Crippen molar-refractivity contribution >= 4 is 0 Å². The molecule has 0 aliphatic rings. The monoisotopic (exact) mass is 497 g/mol. The van der Waals surface area contributed by atoms with Crippen molar-refractivity contribution in [2.24, 2.45) is 5.92 Å². The van der Waals surface area contributed by atoms with Gasteiger partial charge in [-0.1, -0.05) is 129 Å². The first-order valence-corrected chi connectivity index (χ1v) is 16.0. The quantitative estimate of drug-likeness (QED) is 0.0959. The number of rotatable bonds is 29. The molecular weight excluding hydrogens is 428 g/mol. The van der Waals surface area contributed by atoms with Crippen LogP contribution in [-0.2, 0) is 4.74 Å². The normalized spacial score (nSPS) is 12.8. The molecule has 1 unspecified atom stereocenters. The molecule has 0 rings (SSSR count). The second-order valence-corrected chi connectivity index (χ2v) is 11.5. The smallest absolute Gasteiger partial charge is 0.0462 e. The van der Waals surface area contributed by atoms with Gasteiger partial charge in [-0.2, -0.15) is 0 Å². The fourth-order valence-electron chi connectivity index (χ4n) is 5.24. The number of unbranched alkanes of at least 4 members (excludes halogenated alkanes) is 14. The molecule has 0 spiro atoms. The SMILES string of the molecule is CCCCCCCCC(CCCCCC)CCCCCCN(CCCCCCOC)CCN(C)C. The van der Waals surface area contributed by atoms with Crippen molar-refractivity contribution in [1.29, 1.82) is 0 Å². The summed E-state index contributed by atoms with van der Waals surface area (Å²) in [5, 5.41) is 0. The predicted molar refractivity (Wildman–Crippen MR) is 159 cm³/mol. The average Bonchev–Trinajstić information content (AvgIpc) is 2.85. The van der Waals surface area contributed by atoms with Gasteiger partial charge in [0.15, 0.2) is 0 Å². The van der Waals surface area contributed by atoms with Crippen LogP contribution in [0.5, 0.6) is 0 Å². The minimum Gasteiger partial charge on any atom is -0.385 e. The Labute approximate surface area is 223 Å². The molecule has 0 aromatic heterocycles. The van der Waals surface area contributed by atoms with E-state index in [1.807, 2.05) is 7.11 Å². The lowest BCUT2D eigenvalue weighted by Gasteiger charge is -2.24. The summed E-state index contributed by atoms with van der Waals surface area (Å²) in [7, 11) is 6.21. The standard InChI is InChI=1S/C32H68N2O/c1-6-8-10-12-13-19-25-32(24-18-11-9-7-2)26-20-14-15-21-27-34(30-29-33(3)4)28-22-16-17-23-31-35-5/h32H,6-31H2,1-5H3. The zero-order valence-electron chi connectivity index (χ0n) is 25.3. The lowest BCUT2D eigenvalue weighted by atomic mass is 9.89. The Morgan fingerprint density at radius 1 is 0.486 bits per heavy atom. The predicted octanol–water partition coefficient (Wildman–Crippen LogP) is 9.34. The van der Waals surface area contributed by atoms with Crippen LogP contribution in [-0.4, -0.2) is 63.8 Å². The summed E-state index contributed by atoms with van der Waals surface area (Å²) in [4.78, 5) is 5.06. The van der Waals surface area contributed by atoms with Crippen molar-refractivity contribution in [2.75, 3.05) is 54.0 Å². The summed E-state index contributed by atoms with van der Waals surface area (Å²) in [6, 6.07) is 0. The number of methoxy groups -OCH3 is 1. The number of hydrogen-bond donors (Lipinski definition) is 0. The van der Waals surface area contributed by atoms with E-state index in [0.29, 0.717) is 0 Å². The van der Waals surface area contributed by atoms with Crippen molar-refractivity contribution < 1.29 is 4.74 Å². The summed E-state index contributed by atoms with van der Waals surface area (Å²) in [6.07, 6.45) is 29.8. The Balaban J connectivity index is 4.09. The van der Waals surface area contributed by atoms with Crippen LogP contribution in [0.25, 0.3) is 0 Å². The maximum atomic E-state index is 5.18. The molecule has 212 valence electrons. The Morgan fingerprint density at radius 3 is 1.40 bits per heavy atom. The van der Waals surface area contributed by atoms with Gasteiger partial charge in [0, 0.05) is 26.8 Å². The molecule has 0 aliphatic carbocycles. The van der Waals surface area contributed by atoms with Crippen LogP contribution in [0.3, 0.4) is 0 Å². The van der Waals surface area contributed by atoms with Gasteiger partial charge in [0.25, 0.3) is 0 Å². The second-order valence-electron chi connectivity index (χ2n) is 11.5. The largest absolute Gasteiger partial charge is 0.385 e. The van der Waals surface area contributed by atoms with Gasteiger partial charge < -0.3 is 14.5 Å². The number of hydrogen-bond acceptors (Lipinski definition) is 3. The van der Waals surface area contributed by atoms with E-state index in [1.54, 1.807) is 0 Å². The van der Waals surface area contributed by atoms with Crippen LogP contribution < -0.4 is 0 Å². The molecule has 3 nitrogen and oxygen atoms in total. The molecule has 0 heterocycles. The molecule has 0 aliphatic heterocycles. The minimum absolute atomic E-state index is 0.920. The zero-order valence-corrected chi connectivity index (χ0v) is 25.3. The highest BCUT2D eigenvalue weighted by Crippen LogP contribution is 2.24. The van der Waals surface area contributed by atoms with Crippen molar-refractivity contribution in [3.8, 4) is 0 Å². The van der Waals surface area contributed by atoms with Crippen LogP contribution in [0.2, 0.25) is 0 Å². The first kappa shape index (κ1) is 34.9. The lowest BCUT2D eigenvalue weighted by Crippen LogP contribution is -2.33. The zero-order chi connectivity index (χ0) is 25.8. The molecule has 0 aromatic rings. The maximum absolute atomic E-state index is 5.18. The molecule has 0 bridgehead atoms. The summed E-state index contributed by atoms with van der Waals surface area (Å²) in [5.41, 5.74) is 0. The van der Waals surface area contributed by atoms with Crippen molar-refractivity contribution in [2.45, 2.75) is 149 Å². The topological polar surface area (TPSA) is 15.7 Å². The second kappa shape index (κ2) is 28.5. The van der Waals surface area contributed by atoms with Crippen LogP contribution in [0.1, 0.15) is 149 Å². The van der Waals surface area contributed by atoms with Crippen LogP contribution in [0, 0.1) is 5.92 Å². The van der Waals surface area contributed by atoms with Gasteiger partial charge in [-0.3, -0.25) is 0 Å². The van der Waals surface area contributed by atoms with Gasteiger partial charge in [0.05, 0.1) is 0 Å². The van der Waals surface area contributed by atoms with Crippen molar-refractivity contribution in [1.82, 2.24) is 9.80 Å². The highest BCUT2D eigenvalue weighted by atomic mass is 16.5. The molecule has 0 aromatic carbocycles. The Bertz CT molecular complexity index is 388. The molecule has 0 radical (unpaired) electrons. The van der Waals surface area contributed by atoms with Gasteiger partial charge in [-0.25, -0.2) is 0 Å². The minimum atomic E-state index is 0.920. The van der Waals surface area contributed by atoms with Crippen LogP contribution >= 0.6 is 0 Å². The molecule has 0 saturated heterocycles. The number of likely N-dealkylation sites (N-methyl/N-ethyl adjacent to an activating group) is 1. The third-order valence-corrected chi connectivity index (χ3v) is 7.70. The van der Waals surface area contributed by atoms with E-state index in [9.17, 15) is 0 Å². The maximum Gasteiger partial charge on any atom is 0.0462 e. The van der Waals surface area contributed by atoms with Gasteiger partial charge >= 0.3 is 0 Å². The van der Waals surface area contributed by atoms with E-state index in [2.05, 4.69) is 37.7 Å². The van der Waals surface area contributed by atoms with Gasteiger partial charge in [-0.15, -0.1) is 0 Å². The molecule has 35 heavy (non-hydrogen) atoms. The molecule has 0 N–H and O–H groups in total. The summed E-state index contributed by atoms with van der Waals surface area (Å²) in [6.45, 7) is 10.6. The number of ether oxygens (including phenoxy) is 1. The molecule has 0 amide bonds. The molecule has 0 fully saturated rings. The first-order chi connectivity index (χ1) is 17.1. The Hall–Kier alpha value is -0.120. The molecular formula is C32H68N2O. The average molecular weight is 497 g/mol. The molecule has 3 heteroatoms. The van der Waals surface area contributed by atoms with Gasteiger partial charge in [-0.05, 0) is 52.4 Å². The molecule has 1 atom stereocenters. The third-order valence-electron chi connectivity index (χ3n) is 7.70. The molecule has 0 saturated carbocycles. The summed E-state index contributed by atoms with van der Waals surface area (Å²) >= 11 is 0. The summed E-state index contributed by atoms with van der Waals surface area (Å²) in [5.74, 6) is 1.01. The van der Waals surface area contributed by atoms with Crippen LogP contribution in [0.15, 0.2) is 0 Å². The van der Waals surface area contributed by atoms with E-state index in [-0.39, 0.29) is 0 Å². The fraction of sp³-hybridized carbons (Fsp3) is 1.00. The van der Waals surface area contributed by atoms with Crippen molar-refractivity contribution in [3.63, 3.8) is 0 Å². The van der Waals surface area contributed by atoms with Gasteiger partial charge in [0.1, 0.15) is 0 Å². The van der Waals surface area contributed by atoms with E-state index in [4.69, 9.17) is 4.74 Å². The van der Waals surface area contributed by atoms with E-state index >= 15 is 0 Å². The van der Waals surface area contributed by atoms with E-state index < -0.39 is 0 Å². The highest BCUT2D eigenvalue weighted by Gasteiger charge is 2.09. The first-order valence-electron chi connectivity index (χ1n) is 16.0. The van der Waals surface area contributed by atoms with Crippen molar-refractivity contribution in [3.05, 3.63) is 0 Å². The Morgan fingerprint density at radius 2 is 0.914 bits per heavy atom. The highest BCUT2D eigenvalue weighted by molar-refractivity contribution is 4.64. The fourth-order valence-corrected chi connectivity index (χ4v) is 5.24. The Kier molecular flexibility index (Phi) is 28.4. The van der Waals surface area contributed by atoms with E-state index in [1.165, 1.54) is 161 Å². The summed E-state index contributed by atoms with van der Waals surface area (Å²) < 4.78 is 5.18. The lowest BCUT2D eigenvalue weighted by molar-refractivity contribution is 0.190. The number of nitrogens with zero attached hydrogens (tertiary/aromatic N) is 2. The third kappa shape index (κ3) is 26.7. The van der Waals surface area contributed by atoms with Gasteiger partial charge in [0.2, 0.25) is 0 Å². The van der Waals surface area contributed by atoms with E-state index in [0.717, 1.165) is 12.5 Å². The van der Waals surface area contributed by atoms with Crippen LogP contribution in [0.4, 0.5) is 0 Å².